The van der Waals surface area contributed by atoms with Crippen LogP contribution in [0.25, 0.3) is 22.4 Å². The second kappa shape index (κ2) is 6.40. The zero-order valence-corrected chi connectivity index (χ0v) is 13.6. The lowest BCUT2D eigenvalue weighted by molar-refractivity contribution is 0.509. The molecule has 3 aromatic rings. The Morgan fingerprint density at radius 2 is 1.83 bits per heavy atom. The normalized spacial score (nSPS) is 11.0. The van der Waals surface area contributed by atoms with E-state index in [1.807, 2.05) is 30.5 Å². The predicted molar refractivity (Wildman–Crippen MR) is 89.4 cm³/mol. The number of hydrogen-bond acceptors (Lipinski definition) is 2. The number of imidazole rings is 1. The summed E-state index contributed by atoms with van der Waals surface area (Å²) in [6.07, 6.45) is 1.10. The van der Waals surface area contributed by atoms with Crippen LogP contribution in [0.3, 0.4) is 0 Å². The van der Waals surface area contributed by atoms with Crippen molar-refractivity contribution in [1.82, 2.24) is 9.55 Å². The van der Waals surface area contributed by atoms with E-state index < -0.39 is 11.6 Å². The number of aryl methyl sites for hydroxylation is 3. The minimum Gasteiger partial charge on any atom is -0.324 e. The molecular weight excluding hydrogens is 308 g/mol. The zero-order valence-electron chi connectivity index (χ0n) is 13.6. The van der Waals surface area contributed by atoms with E-state index in [2.05, 4.69) is 11.1 Å². The Hall–Kier alpha value is -2.74. The minimum atomic E-state index is -0.893. The van der Waals surface area contributed by atoms with Crippen molar-refractivity contribution >= 4 is 11.0 Å². The van der Waals surface area contributed by atoms with Crippen LogP contribution in [0.4, 0.5) is 8.78 Å². The van der Waals surface area contributed by atoms with E-state index in [0.29, 0.717) is 30.8 Å². The highest BCUT2D eigenvalue weighted by atomic mass is 19.2. The molecule has 0 saturated heterocycles. The quantitative estimate of drug-likeness (QED) is 0.640. The molecule has 0 aliphatic heterocycles. The number of benzene rings is 2. The summed E-state index contributed by atoms with van der Waals surface area (Å²) in [4.78, 5) is 4.63. The Labute approximate surface area is 139 Å². The first-order valence-electron chi connectivity index (χ1n) is 7.81. The fourth-order valence-corrected chi connectivity index (χ4v) is 2.78. The van der Waals surface area contributed by atoms with E-state index in [1.165, 1.54) is 6.07 Å². The van der Waals surface area contributed by atoms with E-state index in [0.717, 1.165) is 34.3 Å². The number of rotatable bonds is 4. The molecule has 3 nitrogen and oxygen atoms in total. The first-order valence-corrected chi connectivity index (χ1v) is 7.81. The summed E-state index contributed by atoms with van der Waals surface area (Å²) in [6.45, 7) is 4.64. The van der Waals surface area contributed by atoms with Gasteiger partial charge in [-0.3, -0.25) is 0 Å². The van der Waals surface area contributed by atoms with Gasteiger partial charge in [0, 0.05) is 18.5 Å². The van der Waals surface area contributed by atoms with Gasteiger partial charge in [-0.2, -0.15) is 5.26 Å². The monoisotopic (exact) mass is 325 g/mol. The van der Waals surface area contributed by atoms with Crippen molar-refractivity contribution in [3.05, 3.63) is 53.1 Å². The molecule has 0 bridgehead atoms. The second-order valence-corrected chi connectivity index (χ2v) is 5.90. The van der Waals surface area contributed by atoms with Gasteiger partial charge in [-0.1, -0.05) is 0 Å². The van der Waals surface area contributed by atoms with Crippen LogP contribution in [0.1, 0.15) is 24.0 Å². The molecule has 0 aliphatic rings. The van der Waals surface area contributed by atoms with E-state index in [9.17, 15) is 8.78 Å². The first kappa shape index (κ1) is 16.1. The smallest absolute Gasteiger partial charge is 0.159 e. The number of halogens is 2. The topological polar surface area (TPSA) is 41.6 Å². The molecule has 5 heteroatoms. The minimum absolute atomic E-state index is 0.432. The van der Waals surface area contributed by atoms with Gasteiger partial charge in [0.05, 0.1) is 17.1 Å². The van der Waals surface area contributed by atoms with Crippen molar-refractivity contribution in [2.24, 2.45) is 0 Å². The number of fused-ring (bicyclic) bond motifs is 1. The average molecular weight is 325 g/mol. The fourth-order valence-electron chi connectivity index (χ4n) is 2.78. The molecule has 0 unspecified atom stereocenters. The number of aromatic nitrogens is 2. The van der Waals surface area contributed by atoms with Crippen molar-refractivity contribution in [3.63, 3.8) is 0 Å². The van der Waals surface area contributed by atoms with Gasteiger partial charge in [-0.05, 0) is 61.7 Å². The molecule has 1 aromatic heterocycles. The molecule has 0 saturated carbocycles. The molecule has 0 amide bonds. The standard InChI is InChI=1S/C19H17F2N3/c1-12-9-17-18(10-13(12)2)24(8-4-3-7-22)19(23-17)14-5-6-15(20)16(21)11-14/h5-6,9-11H,3-4,8H2,1-2H3. The molecule has 2 aromatic carbocycles. The van der Waals surface area contributed by atoms with Gasteiger partial charge >= 0.3 is 0 Å². The van der Waals surface area contributed by atoms with E-state index in [1.54, 1.807) is 0 Å². The van der Waals surface area contributed by atoms with Crippen LogP contribution in [-0.4, -0.2) is 9.55 Å². The third-order valence-electron chi connectivity index (χ3n) is 4.21. The third kappa shape index (κ3) is 2.88. The Bertz CT molecular complexity index is 951. The van der Waals surface area contributed by atoms with Gasteiger partial charge in [-0.25, -0.2) is 13.8 Å². The van der Waals surface area contributed by atoms with Crippen molar-refractivity contribution in [1.29, 1.82) is 5.26 Å². The Kier molecular flexibility index (Phi) is 4.30. The molecule has 0 atom stereocenters. The summed E-state index contributed by atoms with van der Waals surface area (Å²) in [6, 6.07) is 9.98. The maximum absolute atomic E-state index is 13.6. The number of nitrogens with zero attached hydrogens (tertiary/aromatic N) is 3. The summed E-state index contributed by atoms with van der Waals surface area (Å²) in [5.74, 6) is -1.18. The molecule has 0 N–H and O–H groups in total. The van der Waals surface area contributed by atoms with E-state index in [4.69, 9.17) is 5.26 Å². The molecular formula is C19H17F2N3. The van der Waals surface area contributed by atoms with Crippen molar-refractivity contribution in [2.45, 2.75) is 33.2 Å². The molecule has 122 valence electrons. The Morgan fingerprint density at radius 1 is 1.08 bits per heavy atom. The van der Waals surface area contributed by atoms with Gasteiger partial charge in [0.15, 0.2) is 11.6 Å². The number of hydrogen-bond donors (Lipinski definition) is 0. The summed E-state index contributed by atoms with van der Waals surface area (Å²) in [5, 5.41) is 8.78. The van der Waals surface area contributed by atoms with Gasteiger partial charge in [-0.15, -0.1) is 0 Å². The lowest BCUT2D eigenvalue weighted by atomic mass is 10.1. The van der Waals surface area contributed by atoms with Gasteiger partial charge in [0.25, 0.3) is 0 Å². The van der Waals surface area contributed by atoms with E-state index >= 15 is 0 Å². The van der Waals surface area contributed by atoms with E-state index in [-0.39, 0.29) is 0 Å². The predicted octanol–water partition coefficient (Wildman–Crippen LogP) is 4.90. The first-order chi connectivity index (χ1) is 11.5. The molecule has 0 spiro atoms. The fraction of sp³-hybridized carbons (Fsp3) is 0.263. The Morgan fingerprint density at radius 3 is 2.54 bits per heavy atom. The van der Waals surface area contributed by atoms with Gasteiger partial charge < -0.3 is 4.57 Å². The van der Waals surface area contributed by atoms with Crippen molar-refractivity contribution in [2.75, 3.05) is 0 Å². The van der Waals surface area contributed by atoms with Crippen molar-refractivity contribution in [3.8, 4) is 17.5 Å². The summed E-state index contributed by atoms with van der Waals surface area (Å²) in [5.41, 5.74) is 4.55. The van der Waals surface area contributed by atoms with Crippen LogP contribution in [0.2, 0.25) is 0 Å². The summed E-state index contributed by atoms with van der Waals surface area (Å²) >= 11 is 0. The number of unbranched alkanes of at least 4 members (excludes halogenated alkanes) is 1. The average Bonchev–Trinajstić information content (AvgIpc) is 2.89. The third-order valence-corrected chi connectivity index (χ3v) is 4.21. The zero-order chi connectivity index (χ0) is 17.3. The van der Waals surface area contributed by atoms with Crippen LogP contribution < -0.4 is 0 Å². The van der Waals surface area contributed by atoms with Crippen LogP contribution in [0.15, 0.2) is 30.3 Å². The highest BCUT2D eigenvalue weighted by molar-refractivity contribution is 5.82. The lowest BCUT2D eigenvalue weighted by Crippen LogP contribution is -2.01. The summed E-state index contributed by atoms with van der Waals surface area (Å²) in [7, 11) is 0. The van der Waals surface area contributed by atoms with Crippen LogP contribution in [0, 0.1) is 36.8 Å². The van der Waals surface area contributed by atoms with Crippen LogP contribution in [0.5, 0.6) is 0 Å². The van der Waals surface area contributed by atoms with Crippen LogP contribution >= 0.6 is 0 Å². The molecule has 3 rings (SSSR count). The number of nitriles is 1. The van der Waals surface area contributed by atoms with Gasteiger partial charge in [0.1, 0.15) is 5.82 Å². The molecule has 0 aliphatic carbocycles. The highest BCUT2D eigenvalue weighted by Gasteiger charge is 2.15. The lowest BCUT2D eigenvalue weighted by Gasteiger charge is -2.09. The molecule has 1 heterocycles. The molecule has 0 fully saturated rings. The SMILES string of the molecule is Cc1cc2nc(-c3ccc(F)c(F)c3)n(CCCC#N)c2cc1C. The van der Waals surface area contributed by atoms with Crippen molar-refractivity contribution < 1.29 is 8.78 Å². The highest BCUT2D eigenvalue weighted by Crippen LogP contribution is 2.28. The van der Waals surface area contributed by atoms with Crippen LogP contribution in [-0.2, 0) is 6.54 Å². The Balaban J connectivity index is 2.19. The maximum atomic E-state index is 13.6. The molecule has 0 radical (unpaired) electrons. The molecule has 24 heavy (non-hydrogen) atoms. The second-order valence-electron chi connectivity index (χ2n) is 5.90. The largest absolute Gasteiger partial charge is 0.324 e. The maximum Gasteiger partial charge on any atom is 0.159 e. The summed E-state index contributed by atoms with van der Waals surface area (Å²) < 4.78 is 28.8. The van der Waals surface area contributed by atoms with Gasteiger partial charge in [0.2, 0.25) is 0 Å².